The number of rotatable bonds is 7. The van der Waals surface area contributed by atoms with E-state index in [4.69, 9.17) is 4.74 Å². The van der Waals surface area contributed by atoms with Crippen molar-refractivity contribution in [3.63, 3.8) is 0 Å². The quantitative estimate of drug-likeness (QED) is 0.371. The van der Waals surface area contributed by atoms with E-state index in [1.54, 1.807) is 12.1 Å². The zero-order valence-electron chi connectivity index (χ0n) is 14.9. The number of carbonyl (C=O) groups excluding carboxylic acids is 1. The molecule has 0 aromatic heterocycles. The lowest BCUT2D eigenvalue weighted by atomic mass is 10.1. The van der Waals surface area contributed by atoms with Gasteiger partial charge in [0.15, 0.2) is 0 Å². The lowest BCUT2D eigenvalue weighted by molar-refractivity contribution is -0.112. The third-order valence-electron chi connectivity index (χ3n) is 3.67. The summed E-state index contributed by atoms with van der Waals surface area (Å²) in [5.41, 5.74) is 2.39. The first-order chi connectivity index (χ1) is 12.5. The van der Waals surface area contributed by atoms with Gasteiger partial charge in [-0.15, -0.1) is 0 Å². The number of unbranched alkanes of at least 4 members (excludes halogenated alkanes) is 1. The first-order valence-electron chi connectivity index (χ1n) is 8.45. The van der Waals surface area contributed by atoms with Gasteiger partial charge in [-0.05, 0) is 55.3 Å². The number of carbonyl (C=O) groups is 1. The summed E-state index contributed by atoms with van der Waals surface area (Å²) in [5.74, 6) is 0.204. The van der Waals surface area contributed by atoms with Gasteiger partial charge in [0.05, 0.1) is 6.61 Å². The number of anilines is 1. The van der Waals surface area contributed by atoms with Gasteiger partial charge in [-0.3, -0.25) is 4.79 Å². The first kappa shape index (κ1) is 19.7. The number of nitriles is 1. The van der Waals surface area contributed by atoms with Gasteiger partial charge >= 0.3 is 0 Å². The smallest absolute Gasteiger partial charge is 0.266 e. The minimum atomic E-state index is -0.447. The molecule has 0 unspecified atom stereocenters. The third-order valence-corrected chi connectivity index (χ3v) is 4.16. The fourth-order valence-electron chi connectivity index (χ4n) is 2.32. The summed E-state index contributed by atoms with van der Waals surface area (Å²) in [6, 6.07) is 15.0. The van der Waals surface area contributed by atoms with Crippen LogP contribution in [-0.4, -0.2) is 12.5 Å². The molecule has 0 radical (unpaired) electrons. The summed E-state index contributed by atoms with van der Waals surface area (Å²) in [5, 5.41) is 12.2. The molecule has 0 saturated carbocycles. The zero-order chi connectivity index (χ0) is 18.9. The van der Waals surface area contributed by atoms with Gasteiger partial charge in [0.25, 0.3) is 5.91 Å². The van der Waals surface area contributed by atoms with Gasteiger partial charge in [0.2, 0.25) is 0 Å². The molecule has 1 amide bonds. The molecule has 5 heteroatoms. The van der Waals surface area contributed by atoms with Crippen LogP contribution in [0.25, 0.3) is 6.08 Å². The fraction of sp³-hybridized carbons (Fsp3) is 0.238. The van der Waals surface area contributed by atoms with Crippen molar-refractivity contribution in [3.05, 3.63) is 63.6 Å². The van der Waals surface area contributed by atoms with Crippen molar-refractivity contribution in [1.82, 2.24) is 0 Å². The van der Waals surface area contributed by atoms with E-state index in [1.807, 2.05) is 49.4 Å². The Kier molecular flexibility index (Phi) is 7.43. The van der Waals surface area contributed by atoms with Crippen LogP contribution >= 0.6 is 15.9 Å². The Morgan fingerprint density at radius 2 is 2.12 bits per heavy atom. The summed E-state index contributed by atoms with van der Waals surface area (Å²) >= 11 is 3.42. The van der Waals surface area contributed by atoms with Gasteiger partial charge in [0, 0.05) is 15.7 Å². The molecular formula is C21H21BrN2O2. The summed E-state index contributed by atoms with van der Waals surface area (Å²) in [7, 11) is 0. The molecule has 0 bridgehead atoms. The number of hydrogen-bond acceptors (Lipinski definition) is 3. The molecule has 2 aromatic carbocycles. The highest BCUT2D eigenvalue weighted by Gasteiger charge is 2.12. The van der Waals surface area contributed by atoms with Crippen molar-refractivity contribution in [1.29, 1.82) is 5.26 Å². The van der Waals surface area contributed by atoms with Crippen molar-refractivity contribution in [2.75, 3.05) is 11.9 Å². The number of benzene rings is 2. The van der Waals surface area contributed by atoms with E-state index in [0.717, 1.165) is 22.9 Å². The van der Waals surface area contributed by atoms with E-state index >= 15 is 0 Å². The minimum absolute atomic E-state index is 0.0185. The minimum Gasteiger partial charge on any atom is -0.493 e. The van der Waals surface area contributed by atoms with Crippen molar-refractivity contribution in [3.8, 4) is 11.8 Å². The molecule has 0 aliphatic carbocycles. The Morgan fingerprint density at radius 3 is 2.81 bits per heavy atom. The van der Waals surface area contributed by atoms with Crippen LogP contribution in [0.5, 0.6) is 5.75 Å². The molecule has 0 aliphatic rings. The van der Waals surface area contributed by atoms with Crippen LogP contribution in [-0.2, 0) is 4.79 Å². The van der Waals surface area contributed by atoms with Crippen LogP contribution in [0.3, 0.4) is 0 Å². The average molecular weight is 413 g/mol. The molecule has 4 nitrogen and oxygen atoms in total. The summed E-state index contributed by atoms with van der Waals surface area (Å²) in [6.07, 6.45) is 3.53. The lowest BCUT2D eigenvalue weighted by Gasteiger charge is -2.10. The molecule has 2 rings (SSSR count). The Balaban J connectivity index is 2.25. The number of aryl methyl sites for hydroxylation is 1. The highest BCUT2D eigenvalue weighted by Crippen LogP contribution is 2.26. The van der Waals surface area contributed by atoms with E-state index in [1.165, 1.54) is 0 Å². The lowest BCUT2D eigenvalue weighted by Crippen LogP contribution is -2.13. The summed E-state index contributed by atoms with van der Waals surface area (Å²) in [6.45, 7) is 4.63. The van der Waals surface area contributed by atoms with Gasteiger partial charge in [-0.1, -0.05) is 41.4 Å². The number of ether oxygens (including phenoxy) is 1. The Labute approximate surface area is 162 Å². The van der Waals surface area contributed by atoms with E-state index in [0.29, 0.717) is 23.6 Å². The SMILES string of the molecule is CCCCOc1ccc(Br)cc1/C=C(\C#N)C(=O)Nc1cccc(C)c1. The Hall–Kier alpha value is -2.58. The number of nitrogens with zero attached hydrogens (tertiary/aromatic N) is 1. The Morgan fingerprint density at radius 1 is 1.31 bits per heavy atom. The number of nitrogens with one attached hydrogen (secondary N) is 1. The Bertz CT molecular complexity index is 853. The number of amides is 1. The van der Waals surface area contributed by atoms with Crippen LogP contribution in [0.15, 0.2) is 52.5 Å². The second kappa shape index (κ2) is 9.79. The van der Waals surface area contributed by atoms with Crippen molar-refractivity contribution in [2.45, 2.75) is 26.7 Å². The molecule has 1 N–H and O–H groups in total. The van der Waals surface area contributed by atoms with Crippen molar-refractivity contribution >= 4 is 33.6 Å². The highest BCUT2D eigenvalue weighted by molar-refractivity contribution is 9.10. The first-order valence-corrected chi connectivity index (χ1v) is 9.25. The van der Waals surface area contributed by atoms with Gasteiger partial charge in [0.1, 0.15) is 17.4 Å². The predicted octanol–water partition coefficient (Wildman–Crippen LogP) is 5.48. The van der Waals surface area contributed by atoms with Crippen LogP contribution in [0.1, 0.15) is 30.9 Å². The molecule has 134 valence electrons. The topological polar surface area (TPSA) is 62.1 Å². The molecular weight excluding hydrogens is 392 g/mol. The second-order valence-corrected chi connectivity index (χ2v) is 6.79. The largest absolute Gasteiger partial charge is 0.493 e. The average Bonchev–Trinajstić information content (AvgIpc) is 2.61. The molecule has 0 saturated heterocycles. The summed E-state index contributed by atoms with van der Waals surface area (Å²) in [4.78, 5) is 12.5. The molecule has 0 heterocycles. The van der Waals surface area contributed by atoms with Gasteiger partial charge in [-0.2, -0.15) is 5.26 Å². The van der Waals surface area contributed by atoms with Crippen LogP contribution in [0, 0.1) is 18.3 Å². The van der Waals surface area contributed by atoms with Crippen molar-refractivity contribution < 1.29 is 9.53 Å². The van der Waals surface area contributed by atoms with E-state index < -0.39 is 5.91 Å². The molecule has 2 aromatic rings. The molecule has 26 heavy (non-hydrogen) atoms. The second-order valence-electron chi connectivity index (χ2n) is 5.88. The maximum Gasteiger partial charge on any atom is 0.266 e. The van der Waals surface area contributed by atoms with Crippen LogP contribution < -0.4 is 10.1 Å². The maximum absolute atomic E-state index is 12.5. The number of hydrogen-bond donors (Lipinski definition) is 1. The zero-order valence-corrected chi connectivity index (χ0v) is 16.5. The highest BCUT2D eigenvalue weighted by atomic mass is 79.9. The van der Waals surface area contributed by atoms with E-state index in [-0.39, 0.29) is 5.57 Å². The van der Waals surface area contributed by atoms with E-state index in [9.17, 15) is 10.1 Å². The summed E-state index contributed by atoms with van der Waals surface area (Å²) < 4.78 is 6.64. The van der Waals surface area contributed by atoms with Crippen LogP contribution in [0.4, 0.5) is 5.69 Å². The van der Waals surface area contributed by atoms with Gasteiger partial charge < -0.3 is 10.1 Å². The van der Waals surface area contributed by atoms with Gasteiger partial charge in [-0.25, -0.2) is 0 Å². The fourth-order valence-corrected chi connectivity index (χ4v) is 2.69. The molecule has 0 atom stereocenters. The molecule has 0 spiro atoms. The molecule has 0 aliphatic heterocycles. The monoisotopic (exact) mass is 412 g/mol. The molecule has 0 fully saturated rings. The van der Waals surface area contributed by atoms with E-state index in [2.05, 4.69) is 28.2 Å². The number of halogens is 1. The van der Waals surface area contributed by atoms with Crippen LogP contribution in [0.2, 0.25) is 0 Å². The normalized spacial score (nSPS) is 10.9. The van der Waals surface area contributed by atoms with Crippen molar-refractivity contribution in [2.24, 2.45) is 0 Å². The standard InChI is InChI=1S/C21H21BrN2O2/c1-3-4-10-26-20-9-8-18(22)13-16(20)12-17(14-23)21(25)24-19-7-5-6-15(2)11-19/h5-9,11-13H,3-4,10H2,1-2H3,(H,24,25)/b17-12+. The predicted molar refractivity (Wildman–Crippen MR) is 108 cm³/mol. The maximum atomic E-state index is 12.5. The third kappa shape index (κ3) is 5.75.